The Morgan fingerprint density at radius 2 is 2.38 bits per heavy atom. The van der Waals surface area contributed by atoms with Crippen LogP contribution in [0.5, 0.6) is 0 Å². The summed E-state index contributed by atoms with van der Waals surface area (Å²) in [5.74, 6) is 0.832. The molecule has 78 valence electrons. The Kier molecular flexibility index (Phi) is 4.70. The summed E-state index contributed by atoms with van der Waals surface area (Å²) in [5.41, 5.74) is 5.38. The maximum absolute atomic E-state index is 9.40. The average molecular weight is 186 g/mol. The van der Waals surface area contributed by atoms with Gasteiger partial charge in [0.25, 0.3) is 0 Å². The third kappa shape index (κ3) is 3.63. The van der Waals surface area contributed by atoms with E-state index in [0.29, 0.717) is 6.54 Å². The summed E-state index contributed by atoms with van der Waals surface area (Å²) >= 11 is 0. The molecule has 0 aromatic heterocycles. The van der Waals surface area contributed by atoms with Gasteiger partial charge in [0.2, 0.25) is 0 Å². The van der Waals surface area contributed by atoms with Gasteiger partial charge in [-0.3, -0.25) is 0 Å². The van der Waals surface area contributed by atoms with E-state index in [0.717, 1.165) is 25.6 Å². The van der Waals surface area contributed by atoms with Crippen LogP contribution in [0.1, 0.15) is 26.2 Å². The number of piperidine rings is 1. The van der Waals surface area contributed by atoms with E-state index in [-0.39, 0.29) is 6.10 Å². The van der Waals surface area contributed by atoms with Crippen LogP contribution in [0.3, 0.4) is 0 Å². The highest BCUT2D eigenvalue weighted by molar-refractivity contribution is 4.74. The average Bonchev–Trinajstić information content (AvgIpc) is 2.18. The molecule has 0 bridgehead atoms. The third-order valence-corrected chi connectivity index (χ3v) is 2.92. The summed E-state index contributed by atoms with van der Waals surface area (Å²) in [4.78, 5) is 2.34. The Morgan fingerprint density at radius 1 is 1.62 bits per heavy atom. The first kappa shape index (κ1) is 11.0. The van der Waals surface area contributed by atoms with E-state index >= 15 is 0 Å². The van der Waals surface area contributed by atoms with Crippen molar-refractivity contribution in [1.29, 1.82) is 0 Å². The van der Waals surface area contributed by atoms with Gasteiger partial charge in [0.05, 0.1) is 6.10 Å². The van der Waals surface area contributed by atoms with Crippen LogP contribution in [0.15, 0.2) is 0 Å². The van der Waals surface area contributed by atoms with E-state index in [1.54, 1.807) is 0 Å². The molecule has 3 heteroatoms. The second-order valence-electron chi connectivity index (χ2n) is 4.07. The molecule has 0 aromatic carbocycles. The quantitative estimate of drug-likeness (QED) is 0.669. The highest BCUT2D eigenvalue weighted by Crippen LogP contribution is 2.18. The number of likely N-dealkylation sites (tertiary alicyclic amines) is 1. The second-order valence-corrected chi connectivity index (χ2v) is 4.07. The zero-order valence-electron chi connectivity index (χ0n) is 8.58. The van der Waals surface area contributed by atoms with Crippen molar-refractivity contribution < 1.29 is 5.11 Å². The topological polar surface area (TPSA) is 49.5 Å². The fourth-order valence-electron chi connectivity index (χ4n) is 2.02. The van der Waals surface area contributed by atoms with Gasteiger partial charge < -0.3 is 15.7 Å². The van der Waals surface area contributed by atoms with E-state index in [9.17, 15) is 5.11 Å². The van der Waals surface area contributed by atoms with E-state index in [4.69, 9.17) is 5.73 Å². The fourth-order valence-corrected chi connectivity index (χ4v) is 2.02. The van der Waals surface area contributed by atoms with Crippen molar-refractivity contribution in [3.63, 3.8) is 0 Å². The molecule has 0 aromatic rings. The normalized spacial score (nSPS) is 27.5. The van der Waals surface area contributed by atoms with Gasteiger partial charge in [0, 0.05) is 19.6 Å². The summed E-state index contributed by atoms with van der Waals surface area (Å²) < 4.78 is 0. The van der Waals surface area contributed by atoms with Crippen LogP contribution >= 0.6 is 0 Å². The zero-order chi connectivity index (χ0) is 9.68. The SMILES string of the molecule is CCC1CCCN(C[C@@H](O)CN)C1. The van der Waals surface area contributed by atoms with E-state index in [1.807, 2.05) is 0 Å². The Bertz CT molecular complexity index is 139. The lowest BCUT2D eigenvalue weighted by molar-refractivity contribution is 0.0883. The summed E-state index contributed by atoms with van der Waals surface area (Å²) in [5, 5.41) is 9.40. The summed E-state index contributed by atoms with van der Waals surface area (Å²) in [7, 11) is 0. The van der Waals surface area contributed by atoms with Gasteiger partial charge in [0.1, 0.15) is 0 Å². The van der Waals surface area contributed by atoms with Crippen LogP contribution in [-0.2, 0) is 0 Å². The molecule has 1 heterocycles. The molecule has 1 aliphatic heterocycles. The number of aliphatic hydroxyl groups is 1. The molecule has 1 fully saturated rings. The lowest BCUT2D eigenvalue weighted by Crippen LogP contribution is -2.42. The number of hydrogen-bond donors (Lipinski definition) is 2. The van der Waals surface area contributed by atoms with Gasteiger partial charge in [-0.1, -0.05) is 13.3 Å². The molecule has 1 saturated heterocycles. The van der Waals surface area contributed by atoms with Crippen molar-refractivity contribution in [2.24, 2.45) is 11.7 Å². The molecular formula is C10H22N2O. The van der Waals surface area contributed by atoms with Gasteiger partial charge in [-0.15, -0.1) is 0 Å². The molecule has 1 aliphatic rings. The first-order valence-electron chi connectivity index (χ1n) is 5.36. The first-order chi connectivity index (χ1) is 6.26. The minimum atomic E-state index is -0.337. The van der Waals surface area contributed by atoms with Gasteiger partial charge in [-0.2, -0.15) is 0 Å². The number of nitrogens with zero attached hydrogens (tertiary/aromatic N) is 1. The number of hydrogen-bond acceptors (Lipinski definition) is 3. The summed E-state index contributed by atoms with van der Waals surface area (Å²) in [6.45, 7) is 5.66. The van der Waals surface area contributed by atoms with Gasteiger partial charge in [-0.25, -0.2) is 0 Å². The van der Waals surface area contributed by atoms with Crippen LogP contribution in [-0.4, -0.2) is 42.3 Å². The fraction of sp³-hybridized carbons (Fsp3) is 1.00. The molecule has 0 radical (unpaired) electrons. The third-order valence-electron chi connectivity index (χ3n) is 2.92. The molecule has 13 heavy (non-hydrogen) atoms. The summed E-state index contributed by atoms with van der Waals surface area (Å²) in [6, 6.07) is 0. The monoisotopic (exact) mass is 186 g/mol. The predicted octanol–water partition coefficient (Wildman–Crippen LogP) is 0.428. The standard InChI is InChI=1S/C10H22N2O/c1-2-9-4-3-5-12(7-9)8-10(13)6-11/h9-10,13H,2-8,11H2,1H3/t9?,10-/m0/s1. The first-order valence-corrected chi connectivity index (χ1v) is 5.36. The number of β-amino-alcohol motifs (C(OH)–C–C–N with tert-alkyl or cyclic N) is 1. The number of rotatable bonds is 4. The lowest BCUT2D eigenvalue weighted by Gasteiger charge is -2.33. The largest absolute Gasteiger partial charge is 0.390 e. The molecular weight excluding hydrogens is 164 g/mol. The van der Waals surface area contributed by atoms with Crippen LogP contribution in [0.25, 0.3) is 0 Å². The zero-order valence-corrected chi connectivity index (χ0v) is 8.58. The van der Waals surface area contributed by atoms with Crippen molar-refractivity contribution in [3.8, 4) is 0 Å². The van der Waals surface area contributed by atoms with Crippen molar-refractivity contribution in [2.45, 2.75) is 32.3 Å². The molecule has 0 aliphatic carbocycles. The minimum Gasteiger partial charge on any atom is -0.390 e. The van der Waals surface area contributed by atoms with Crippen molar-refractivity contribution in [3.05, 3.63) is 0 Å². The second kappa shape index (κ2) is 5.58. The molecule has 0 saturated carbocycles. The van der Waals surface area contributed by atoms with Gasteiger partial charge >= 0.3 is 0 Å². The van der Waals surface area contributed by atoms with E-state index in [1.165, 1.54) is 19.3 Å². The Hall–Kier alpha value is -0.120. The minimum absolute atomic E-state index is 0.337. The molecule has 3 N–H and O–H groups in total. The van der Waals surface area contributed by atoms with Gasteiger partial charge in [0.15, 0.2) is 0 Å². The molecule has 2 atom stereocenters. The lowest BCUT2D eigenvalue weighted by atomic mass is 9.95. The maximum Gasteiger partial charge on any atom is 0.0789 e. The molecule has 3 nitrogen and oxygen atoms in total. The molecule has 0 amide bonds. The Labute approximate surface area is 80.9 Å². The van der Waals surface area contributed by atoms with E-state index < -0.39 is 0 Å². The highest BCUT2D eigenvalue weighted by atomic mass is 16.3. The van der Waals surface area contributed by atoms with Gasteiger partial charge in [-0.05, 0) is 25.3 Å². The predicted molar refractivity (Wildman–Crippen MR) is 54.5 cm³/mol. The van der Waals surface area contributed by atoms with Crippen molar-refractivity contribution in [2.75, 3.05) is 26.2 Å². The smallest absolute Gasteiger partial charge is 0.0789 e. The van der Waals surface area contributed by atoms with Crippen molar-refractivity contribution >= 4 is 0 Å². The molecule has 1 rings (SSSR count). The van der Waals surface area contributed by atoms with Crippen LogP contribution in [0, 0.1) is 5.92 Å². The van der Waals surface area contributed by atoms with E-state index in [2.05, 4.69) is 11.8 Å². The number of nitrogens with two attached hydrogens (primary N) is 1. The van der Waals surface area contributed by atoms with Crippen LogP contribution in [0.4, 0.5) is 0 Å². The Morgan fingerprint density at radius 3 is 3.00 bits per heavy atom. The maximum atomic E-state index is 9.40. The van der Waals surface area contributed by atoms with Crippen LogP contribution in [0.2, 0.25) is 0 Å². The van der Waals surface area contributed by atoms with Crippen molar-refractivity contribution in [1.82, 2.24) is 4.90 Å². The summed E-state index contributed by atoms with van der Waals surface area (Å²) in [6.07, 6.45) is 3.55. The molecule has 0 spiro atoms. The number of aliphatic hydroxyl groups excluding tert-OH is 1. The molecule has 1 unspecified atom stereocenters. The Balaban J connectivity index is 2.25. The van der Waals surface area contributed by atoms with Crippen LogP contribution < -0.4 is 5.73 Å². The highest BCUT2D eigenvalue weighted by Gasteiger charge is 2.19.